The third kappa shape index (κ3) is 1320000. The van der Waals surface area contributed by atoms with Crippen LogP contribution in [-0.4, -0.2) is 61.6 Å². The molecule has 0 fully saturated rings. The van der Waals surface area contributed by atoms with Crippen LogP contribution in [-0.2, 0) is 10.4 Å². The van der Waals surface area contributed by atoms with Crippen LogP contribution in [0.4, 0.5) is 4.79 Å². The standard InChI is InChI=1S/CH2O3.H2O4S.H2O.Pb/c2-1(3)4;1-5(2,3)4;;/h(H2,2,3,4);(H2,1,2,3,4);1H2;/q;;;+2/p-2. The monoisotopic (exact) mass is 384 g/mol. The van der Waals surface area contributed by atoms with Crippen molar-refractivity contribution < 1.29 is 38.0 Å². The maximum atomic E-state index is 8.74. The fourth-order valence-corrected chi connectivity index (χ4v) is 0. The Labute approximate surface area is 81.9 Å². The molecule has 0 aromatic heterocycles. The van der Waals surface area contributed by atoms with Crippen LogP contribution in [0.25, 0.3) is 0 Å². The summed E-state index contributed by atoms with van der Waals surface area (Å²) in [5.74, 6) is 0. The minimum absolute atomic E-state index is 0. The zero-order valence-corrected chi connectivity index (χ0v) is 9.53. The van der Waals surface area contributed by atoms with Gasteiger partial charge in [0.25, 0.3) is 0 Å². The van der Waals surface area contributed by atoms with E-state index in [0.29, 0.717) is 0 Å². The Balaban J connectivity index is -0.0000000383. The predicted octanol–water partition coefficient (Wildman–Crippen LogP) is -2.32. The number of hydrogen-bond donors (Lipinski definition) is 3. The van der Waals surface area contributed by atoms with Gasteiger partial charge in [-0.15, -0.1) is 0 Å². The Hall–Kier alpha value is 0.0221. The summed E-state index contributed by atoms with van der Waals surface area (Å²) in [4.78, 5) is 8.44. The molecule has 10 heteroatoms. The first kappa shape index (κ1) is 22.5. The van der Waals surface area contributed by atoms with Crippen molar-refractivity contribution >= 4 is 43.9 Å². The van der Waals surface area contributed by atoms with E-state index in [1.807, 2.05) is 0 Å². The molecule has 0 saturated heterocycles. The Morgan fingerprint density at radius 2 is 1.27 bits per heavy atom. The number of rotatable bonds is 0. The summed E-state index contributed by atoms with van der Waals surface area (Å²) in [7, 11) is -4.67. The molecule has 66 valence electrons. The largest absolute Gasteiger partial charge is 2.00 e. The van der Waals surface area contributed by atoms with Crippen molar-refractivity contribution in [3.8, 4) is 0 Å². The summed E-state index contributed by atoms with van der Waals surface area (Å²) in [5.41, 5.74) is 0. The second-order valence-electron chi connectivity index (χ2n) is 0.714. The van der Waals surface area contributed by atoms with Crippen LogP contribution in [0.5, 0.6) is 0 Å². The summed E-state index contributed by atoms with van der Waals surface area (Å²) in [6, 6.07) is 0. The summed E-state index contributed by atoms with van der Waals surface area (Å²) in [5, 5.41) is 15.3. The normalized spacial score (nSPS) is 7.45. The number of carboxylic acid groups (broad SMARTS) is 2. The average Bonchev–Trinajstić information content (AvgIpc) is 1.19. The van der Waals surface area contributed by atoms with Gasteiger partial charge < -0.3 is 20.5 Å². The second-order valence-corrected chi connectivity index (χ2v) is 1.61. The van der Waals surface area contributed by atoms with Crippen LogP contribution >= 0.6 is 0 Å². The number of hydrogen-bond acceptors (Lipinski definition) is 5. The zero-order chi connectivity index (χ0) is 8.08. The van der Waals surface area contributed by atoms with Gasteiger partial charge in [0.2, 0.25) is 6.16 Å². The van der Waals surface area contributed by atoms with E-state index in [1.165, 1.54) is 0 Å². The molecule has 0 aliphatic heterocycles. The minimum atomic E-state index is -4.67. The van der Waals surface area contributed by atoms with E-state index < -0.39 is 16.6 Å². The van der Waals surface area contributed by atoms with Gasteiger partial charge in [-0.25, -0.2) is 0 Å². The summed E-state index contributed by atoms with van der Waals surface area (Å²) in [6.07, 6.45) is -2.08. The molecule has 0 saturated carbocycles. The molecule has 0 aromatic rings. The fourth-order valence-electron chi connectivity index (χ4n) is 0. The average molecular weight is 383 g/mol. The molecule has 2 radical (unpaired) electrons. The molecule has 0 bridgehead atoms. The quantitative estimate of drug-likeness (QED) is 0.310. The first-order valence-electron chi connectivity index (χ1n) is 1.33. The van der Waals surface area contributed by atoms with Crippen molar-refractivity contribution in [3.05, 3.63) is 0 Å². The Kier molecular flexibility index (Phi) is 20.5. The first-order chi connectivity index (χ1) is 3.73. The van der Waals surface area contributed by atoms with E-state index in [9.17, 15) is 0 Å². The van der Waals surface area contributed by atoms with E-state index in [4.69, 9.17) is 32.5 Å². The Bertz CT molecular complexity index is 157. The minimum Gasteiger partial charge on any atom is -0.870 e. The van der Waals surface area contributed by atoms with Gasteiger partial charge in [-0.3, -0.25) is 9.11 Å². The van der Waals surface area contributed by atoms with E-state index in [-0.39, 0.29) is 32.8 Å². The van der Waals surface area contributed by atoms with E-state index in [0.717, 1.165) is 0 Å². The molecule has 0 unspecified atom stereocenters. The third-order valence-electron chi connectivity index (χ3n) is 0. The molecule has 0 amide bonds. The van der Waals surface area contributed by atoms with Crippen LogP contribution in [0.15, 0.2) is 0 Å². The fraction of sp³-hybridized carbons (Fsp3) is 0. The van der Waals surface area contributed by atoms with Gasteiger partial charge in [0.15, 0.2) is 0 Å². The van der Waals surface area contributed by atoms with Gasteiger partial charge in [0.1, 0.15) is 0 Å². The van der Waals surface area contributed by atoms with E-state index in [1.54, 1.807) is 0 Å². The van der Waals surface area contributed by atoms with Crippen molar-refractivity contribution in [1.29, 1.82) is 0 Å². The maximum absolute atomic E-state index is 8.74. The van der Waals surface area contributed by atoms with Crippen LogP contribution in [0, 0.1) is 0 Å². The van der Waals surface area contributed by atoms with Gasteiger partial charge in [0.05, 0.1) is 0 Å². The Morgan fingerprint density at radius 3 is 1.27 bits per heavy atom. The maximum Gasteiger partial charge on any atom is 2.00 e. The van der Waals surface area contributed by atoms with Crippen molar-refractivity contribution in [1.82, 2.24) is 0 Å². The van der Waals surface area contributed by atoms with Crippen molar-refractivity contribution in [2.75, 3.05) is 0 Å². The second kappa shape index (κ2) is 10.0. The van der Waals surface area contributed by atoms with Gasteiger partial charge in [0, 0.05) is 0 Å². The van der Waals surface area contributed by atoms with E-state index >= 15 is 0 Å². The molecule has 0 aromatic carbocycles. The van der Waals surface area contributed by atoms with Crippen LogP contribution in [0.3, 0.4) is 0 Å². The van der Waals surface area contributed by atoms with Gasteiger partial charge >= 0.3 is 37.7 Å². The molecule has 8 nitrogen and oxygen atoms in total. The van der Waals surface area contributed by atoms with Crippen LogP contribution < -0.4 is 5.11 Å². The van der Waals surface area contributed by atoms with Crippen molar-refractivity contribution in [2.45, 2.75) is 0 Å². The molecule has 0 atom stereocenters. The SMILES string of the molecule is O=C([O-])O.O=S(=O)(O)O.[OH-].[Pb+2]. The van der Waals surface area contributed by atoms with Crippen LogP contribution in [0.2, 0.25) is 0 Å². The molecule has 0 heterocycles. The van der Waals surface area contributed by atoms with Crippen molar-refractivity contribution in [3.63, 3.8) is 0 Å². The molecular formula is CH4O8PbS. The molecule has 0 aliphatic rings. The molecule has 0 spiro atoms. The summed E-state index contributed by atoms with van der Waals surface area (Å²) >= 11 is 0. The first-order valence-corrected chi connectivity index (χ1v) is 2.73. The predicted molar refractivity (Wildman–Crippen MR) is 29.9 cm³/mol. The summed E-state index contributed by atoms with van der Waals surface area (Å²) < 4.78 is 31.6. The molecule has 4 N–H and O–H groups in total. The van der Waals surface area contributed by atoms with Crippen molar-refractivity contribution in [2.24, 2.45) is 0 Å². The third-order valence-corrected chi connectivity index (χ3v) is 0. The number of carbonyl (C=O) groups is 1. The summed E-state index contributed by atoms with van der Waals surface area (Å²) in [6.45, 7) is 0. The van der Waals surface area contributed by atoms with Gasteiger partial charge in [-0.1, -0.05) is 0 Å². The van der Waals surface area contributed by atoms with Crippen LogP contribution in [0.1, 0.15) is 0 Å². The smallest absolute Gasteiger partial charge is 0.870 e. The molecule has 0 aliphatic carbocycles. The zero-order valence-electron chi connectivity index (χ0n) is 4.83. The van der Waals surface area contributed by atoms with E-state index in [2.05, 4.69) is 0 Å². The molecular weight excluding hydrogens is 379 g/mol. The van der Waals surface area contributed by atoms with Gasteiger partial charge in [-0.05, 0) is 0 Å². The molecule has 11 heavy (non-hydrogen) atoms. The van der Waals surface area contributed by atoms with Gasteiger partial charge in [-0.2, -0.15) is 8.42 Å². The topological polar surface area (TPSA) is 165 Å². The molecule has 0 rings (SSSR count). The Morgan fingerprint density at radius 1 is 1.27 bits per heavy atom.